The molecule has 1 aliphatic carbocycles. The number of benzene rings is 2. The molecule has 0 radical (unpaired) electrons. The van der Waals surface area contributed by atoms with E-state index in [1.807, 2.05) is 0 Å². The van der Waals surface area contributed by atoms with Crippen LogP contribution in [0.5, 0.6) is 0 Å². The Balaban J connectivity index is 1.82. The van der Waals surface area contributed by atoms with Gasteiger partial charge in [0.25, 0.3) is 0 Å². The minimum Gasteiger partial charge on any atom is -0.396 e. The highest BCUT2D eigenvalue weighted by Gasteiger charge is 2.30. The lowest BCUT2D eigenvalue weighted by atomic mass is 9.77. The van der Waals surface area contributed by atoms with E-state index in [1.165, 1.54) is 27.6 Å². The summed E-state index contributed by atoms with van der Waals surface area (Å²) in [4.78, 5) is 0. The molecule has 3 rings (SSSR count). The molecule has 2 N–H and O–H groups in total. The quantitative estimate of drug-likeness (QED) is 0.774. The van der Waals surface area contributed by atoms with E-state index in [2.05, 4.69) is 69.8 Å². The van der Waals surface area contributed by atoms with Crippen molar-refractivity contribution >= 4 is 15.9 Å². The van der Waals surface area contributed by atoms with E-state index in [-0.39, 0.29) is 6.61 Å². The molecule has 2 atom stereocenters. The van der Waals surface area contributed by atoms with E-state index in [0.717, 1.165) is 25.8 Å². The summed E-state index contributed by atoms with van der Waals surface area (Å²) in [5, 5.41) is 13.0. The van der Waals surface area contributed by atoms with Gasteiger partial charge in [-0.1, -0.05) is 58.4 Å². The standard InChI is InChI=1S/C20H24BrNO/c21-18-10-4-8-16-11-12-17(9-5-13-23)20(19(16)18)22-14-15-6-2-1-3-7-15/h1-4,6-8,10,17,20,22-23H,5,9,11-14H2/t17-,20+/m0/s1. The van der Waals surface area contributed by atoms with E-state index in [0.29, 0.717) is 12.0 Å². The number of rotatable bonds is 6. The summed E-state index contributed by atoms with van der Waals surface area (Å²) in [6, 6.07) is 17.4. The normalized spacial score (nSPS) is 20.3. The van der Waals surface area contributed by atoms with Crippen LogP contribution in [0.3, 0.4) is 0 Å². The third-order valence-electron chi connectivity index (χ3n) is 4.81. The second kappa shape index (κ2) is 8.09. The van der Waals surface area contributed by atoms with Crippen LogP contribution in [0, 0.1) is 5.92 Å². The summed E-state index contributed by atoms with van der Waals surface area (Å²) >= 11 is 3.75. The Morgan fingerprint density at radius 3 is 2.70 bits per heavy atom. The van der Waals surface area contributed by atoms with Gasteiger partial charge < -0.3 is 10.4 Å². The average molecular weight is 374 g/mol. The molecule has 0 unspecified atom stereocenters. The fraction of sp³-hybridized carbons (Fsp3) is 0.400. The number of fused-ring (bicyclic) bond motifs is 1. The first-order valence-electron chi connectivity index (χ1n) is 8.45. The average Bonchev–Trinajstić information content (AvgIpc) is 2.59. The summed E-state index contributed by atoms with van der Waals surface area (Å²) in [7, 11) is 0. The number of halogens is 1. The van der Waals surface area contributed by atoms with Crippen LogP contribution in [0.2, 0.25) is 0 Å². The molecular weight excluding hydrogens is 350 g/mol. The first kappa shape index (κ1) is 16.7. The van der Waals surface area contributed by atoms with Gasteiger partial charge in [-0.15, -0.1) is 0 Å². The third kappa shape index (κ3) is 4.03. The zero-order valence-corrected chi connectivity index (χ0v) is 14.9. The SMILES string of the molecule is OCCC[C@H]1CCc2cccc(Br)c2[C@@H]1NCc1ccccc1. The first-order chi connectivity index (χ1) is 11.3. The summed E-state index contributed by atoms with van der Waals surface area (Å²) < 4.78 is 1.20. The zero-order chi connectivity index (χ0) is 16.1. The number of hydrogen-bond donors (Lipinski definition) is 2. The Hall–Kier alpha value is -1.16. The maximum atomic E-state index is 9.21. The van der Waals surface area contributed by atoms with Crippen LogP contribution in [-0.2, 0) is 13.0 Å². The third-order valence-corrected chi connectivity index (χ3v) is 5.50. The summed E-state index contributed by atoms with van der Waals surface area (Å²) in [5.41, 5.74) is 4.18. The van der Waals surface area contributed by atoms with Crippen molar-refractivity contribution in [1.82, 2.24) is 5.32 Å². The van der Waals surface area contributed by atoms with Crippen LogP contribution in [-0.4, -0.2) is 11.7 Å². The Bertz CT molecular complexity index is 629. The first-order valence-corrected chi connectivity index (χ1v) is 9.24. The minimum atomic E-state index is 0.282. The topological polar surface area (TPSA) is 32.3 Å². The van der Waals surface area contributed by atoms with Gasteiger partial charge in [0.05, 0.1) is 0 Å². The molecule has 23 heavy (non-hydrogen) atoms. The number of aliphatic hydroxyl groups excluding tert-OH is 1. The van der Waals surface area contributed by atoms with Crippen LogP contribution in [0.4, 0.5) is 0 Å². The smallest absolute Gasteiger partial charge is 0.0431 e. The molecule has 0 amide bonds. The maximum Gasteiger partial charge on any atom is 0.0431 e. The van der Waals surface area contributed by atoms with Gasteiger partial charge in [-0.2, -0.15) is 0 Å². The molecule has 0 spiro atoms. The second-order valence-electron chi connectivity index (χ2n) is 6.32. The molecule has 2 nitrogen and oxygen atoms in total. The van der Waals surface area contributed by atoms with Gasteiger partial charge in [0.1, 0.15) is 0 Å². The van der Waals surface area contributed by atoms with E-state index in [9.17, 15) is 5.11 Å². The molecule has 2 aromatic carbocycles. The minimum absolute atomic E-state index is 0.282. The van der Waals surface area contributed by atoms with Crippen LogP contribution < -0.4 is 5.32 Å². The second-order valence-corrected chi connectivity index (χ2v) is 7.18. The van der Waals surface area contributed by atoms with Gasteiger partial charge in [0.15, 0.2) is 0 Å². The molecule has 2 aromatic rings. The zero-order valence-electron chi connectivity index (χ0n) is 13.3. The van der Waals surface area contributed by atoms with Crippen molar-refractivity contribution < 1.29 is 5.11 Å². The highest BCUT2D eigenvalue weighted by molar-refractivity contribution is 9.10. The Morgan fingerprint density at radius 2 is 1.91 bits per heavy atom. The molecule has 0 heterocycles. The lowest BCUT2D eigenvalue weighted by molar-refractivity contribution is 0.240. The van der Waals surface area contributed by atoms with Gasteiger partial charge in [-0.25, -0.2) is 0 Å². The van der Waals surface area contributed by atoms with E-state index >= 15 is 0 Å². The van der Waals surface area contributed by atoms with Gasteiger partial charge in [0.2, 0.25) is 0 Å². The van der Waals surface area contributed by atoms with Crippen molar-refractivity contribution in [2.75, 3.05) is 6.61 Å². The summed E-state index contributed by atoms with van der Waals surface area (Å²) in [5.74, 6) is 0.581. The van der Waals surface area contributed by atoms with Gasteiger partial charge in [-0.3, -0.25) is 0 Å². The summed E-state index contributed by atoms with van der Waals surface area (Å²) in [6.07, 6.45) is 4.28. The number of aliphatic hydroxyl groups is 1. The Labute approximate surface area is 147 Å². The van der Waals surface area contributed by atoms with E-state index in [4.69, 9.17) is 0 Å². The highest BCUT2D eigenvalue weighted by Crippen LogP contribution is 2.40. The van der Waals surface area contributed by atoms with Gasteiger partial charge in [0, 0.05) is 23.7 Å². The lowest BCUT2D eigenvalue weighted by Gasteiger charge is -2.35. The van der Waals surface area contributed by atoms with Crippen LogP contribution in [0.25, 0.3) is 0 Å². The van der Waals surface area contributed by atoms with Crippen LogP contribution in [0.15, 0.2) is 53.0 Å². The van der Waals surface area contributed by atoms with Crippen molar-refractivity contribution in [2.45, 2.75) is 38.3 Å². The molecule has 0 saturated carbocycles. The molecule has 0 fully saturated rings. The molecule has 1 aliphatic rings. The monoisotopic (exact) mass is 373 g/mol. The molecule has 0 aliphatic heterocycles. The van der Waals surface area contributed by atoms with Gasteiger partial charge in [-0.05, 0) is 54.4 Å². The largest absolute Gasteiger partial charge is 0.396 e. The van der Waals surface area contributed by atoms with Crippen LogP contribution >= 0.6 is 15.9 Å². The fourth-order valence-electron chi connectivity index (χ4n) is 3.65. The Morgan fingerprint density at radius 1 is 1.09 bits per heavy atom. The van der Waals surface area contributed by atoms with Crippen molar-refractivity contribution in [1.29, 1.82) is 0 Å². The maximum absolute atomic E-state index is 9.21. The Kier molecular flexibility index (Phi) is 5.87. The molecule has 122 valence electrons. The molecular formula is C20H24BrNO. The van der Waals surface area contributed by atoms with Crippen molar-refractivity contribution in [3.63, 3.8) is 0 Å². The van der Waals surface area contributed by atoms with Crippen LogP contribution in [0.1, 0.15) is 42.0 Å². The summed E-state index contributed by atoms with van der Waals surface area (Å²) in [6.45, 7) is 1.16. The number of hydrogen-bond acceptors (Lipinski definition) is 2. The molecule has 0 aromatic heterocycles. The van der Waals surface area contributed by atoms with Crippen molar-refractivity contribution in [3.8, 4) is 0 Å². The van der Waals surface area contributed by atoms with Crippen molar-refractivity contribution in [3.05, 3.63) is 69.7 Å². The predicted molar refractivity (Wildman–Crippen MR) is 98.3 cm³/mol. The van der Waals surface area contributed by atoms with Gasteiger partial charge >= 0.3 is 0 Å². The predicted octanol–water partition coefficient (Wildman–Crippen LogP) is 4.61. The molecule has 3 heteroatoms. The lowest BCUT2D eigenvalue weighted by Crippen LogP contribution is -2.32. The molecule has 0 saturated heterocycles. The number of aryl methyl sites for hydroxylation is 1. The fourth-order valence-corrected chi connectivity index (χ4v) is 4.30. The number of nitrogens with one attached hydrogen (secondary N) is 1. The van der Waals surface area contributed by atoms with E-state index < -0.39 is 0 Å². The highest BCUT2D eigenvalue weighted by atomic mass is 79.9. The molecule has 0 bridgehead atoms. The van der Waals surface area contributed by atoms with E-state index in [1.54, 1.807) is 0 Å². The van der Waals surface area contributed by atoms with Crippen molar-refractivity contribution in [2.24, 2.45) is 5.92 Å².